The van der Waals surface area contributed by atoms with Gasteiger partial charge in [0.2, 0.25) is 0 Å². The molecule has 1 aromatic carbocycles. The summed E-state index contributed by atoms with van der Waals surface area (Å²) in [6.45, 7) is 4.23. The Morgan fingerprint density at radius 2 is 2.00 bits per heavy atom. The Kier molecular flexibility index (Phi) is 3.76. The molecule has 0 heterocycles. The fourth-order valence-corrected chi connectivity index (χ4v) is 1.40. The number of benzene rings is 1. The van der Waals surface area contributed by atoms with Crippen molar-refractivity contribution in [1.82, 2.24) is 0 Å². The lowest BCUT2D eigenvalue weighted by Crippen LogP contribution is -2.24. The Bertz CT molecular complexity index is 283. The fraction of sp³-hybridized carbons (Fsp3) is 0.455. The molecule has 0 saturated heterocycles. The van der Waals surface area contributed by atoms with E-state index in [1.165, 1.54) is 16.7 Å². The highest BCUT2D eigenvalue weighted by Crippen LogP contribution is 2.11. The summed E-state index contributed by atoms with van der Waals surface area (Å²) in [5, 5.41) is 0. The number of hydrogen-bond acceptors (Lipinski definition) is 1. The van der Waals surface area contributed by atoms with Gasteiger partial charge in [0.1, 0.15) is 0 Å². The summed E-state index contributed by atoms with van der Waals surface area (Å²) in [7, 11) is 0. The van der Waals surface area contributed by atoms with Crippen LogP contribution in [-0.4, -0.2) is 11.9 Å². The van der Waals surface area contributed by atoms with Gasteiger partial charge >= 0.3 is 0 Å². The molecule has 13 heavy (non-hydrogen) atoms. The first-order valence-corrected chi connectivity index (χ1v) is 5.04. The van der Waals surface area contributed by atoms with E-state index in [9.17, 15) is 0 Å². The number of alkyl halides is 1. The smallest absolute Gasteiger partial charge is 0.0378 e. The monoisotopic (exact) mass is 197 g/mol. The first-order chi connectivity index (χ1) is 6.13. The summed E-state index contributed by atoms with van der Waals surface area (Å²) in [6, 6.07) is 6.51. The van der Waals surface area contributed by atoms with Gasteiger partial charge in [-0.3, -0.25) is 0 Å². The van der Waals surface area contributed by atoms with Gasteiger partial charge in [0.05, 0.1) is 0 Å². The summed E-state index contributed by atoms with van der Waals surface area (Å²) >= 11 is 5.65. The van der Waals surface area contributed by atoms with Gasteiger partial charge in [-0.1, -0.05) is 18.2 Å². The lowest BCUT2D eigenvalue weighted by molar-refractivity contribution is 0.744. The van der Waals surface area contributed by atoms with Crippen LogP contribution >= 0.6 is 11.6 Å². The van der Waals surface area contributed by atoms with Crippen LogP contribution in [0, 0.1) is 13.8 Å². The molecule has 1 aromatic rings. The third-order valence-corrected chi connectivity index (χ3v) is 2.66. The Labute approximate surface area is 84.9 Å². The van der Waals surface area contributed by atoms with Crippen LogP contribution in [0.15, 0.2) is 18.2 Å². The van der Waals surface area contributed by atoms with Crippen LogP contribution in [0.4, 0.5) is 0 Å². The summed E-state index contributed by atoms with van der Waals surface area (Å²) in [5.41, 5.74) is 9.68. The molecule has 1 rings (SSSR count). The van der Waals surface area contributed by atoms with Gasteiger partial charge in [-0.05, 0) is 37.0 Å². The van der Waals surface area contributed by atoms with E-state index in [1.807, 2.05) is 0 Å². The zero-order chi connectivity index (χ0) is 9.84. The molecule has 1 nitrogen and oxygen atoms in total. The van der Waals surface area contributed by atoms with Crippen molar-refractivity contribution < 1.29 is 0 Å². The van der Waals surface area contributed by atoms with Gasteiger partial charge in [0.15, 0.2) is 0 Å². The molecule has 0 amide bonds. The van der Waals surface area contributed by atoms with Crippen LogP contribution in [0.2, 0.25) is 0 Å². The highest BCUT2D eigenvalue weighted by atomic mass is 35.5. The molecule has 1 unspecified atom stereocenters. The van der Waals surface area contributed by atoms with Gasteiger partial charge in [-0.15, -0.1) is 11.6 Å². The number of hydrogen-bond donors (Lipinski definition) is 1. The standard InChI is InChI=1S/C11H16ClN/c1-8-3-4-10(5-9(8)2)6-11(13)7-12/h3-5,11H,6-7,13H2,1-2H3. The quantitative estimate of drug-likeness (QED) is 0.741. The molecule has 0 spiro atoms. The van der Waals surface area contributed by atoms with Crippen LogP contribution in [0.25, 0.3) is 0 Å². The van der Waals surface area contributed by atoms with Crippen molar-refractivity contribution in [2.24, 2.45) is 5.73 Å². The molecule has 0 bridgehead atoms. The molecule has 0 aliphatic heterocycles. The van der Waals surface area contributed by atoms with Crippen LogP contribution in [0.3, 0.4) is 0 Å². The zero-order valence-corrected chi connectivity index (χ0v) is 8.93. The van der Waals surface area contributed by atoms with Gasteiger partial charge < -0.3 is 5.73 Å². The van der Waals surface area contributed by atoms with E-state index in [1.54, 1.807) is 0 Å². The van der Waals surface area contributed by atoms with Crippen LogP contribution in [0.1, 0.15) is 16.7 Å². The maximum Gasteiger partial charge on any atom is 0.0378 e. The third-order valence-electron chi connectivity index (χ3n) is 2.27. The van der Waals surface area contributed by atoms with E-state index >= 15 is 0 Å². The summed E-state index contributed by atoms with van der Waals surface area (Å²) in [4.78, 5) is 0. The number of rotatable bonds is 3. The molecule has 0 aliphatic rings. The van der Waals surface area contributed by atoms with E-state index < -0.39 is 0 Å². The largest absolute Gasteiger partial charge is 0.326 e. The Hall–Kier alpha value is -0.530. The van der Waals surface area contributed by atoms with Crippen LogP contribution in [0.5, 0.6) is 0 Å². The van der Waals surface area contributed by atoms with E-state index in [2.05, 4.69) is 32.0 Å². The molecule has 0 saturated carbocycles. The van der Waals surface area contributed by atoms with E-state index in [-0.39, 0.29) is 6.04 Å². The molecule has 0 aliphatic carbocycles. The zero-order valence-electron chi connectivity index (χ0n) is 8.18. The SMILES string of the molecule is Cc1ccc(CC(N)CCl)cc1C. The van der Waals surface area contributed by atoms with E-state index in [4.69, 9.17) is 17.3 Å². The predicted octanol–water partition coefficient (Wildman–Crippen LogP) is 2.41. The minimum absolute atomic E-state index is 0.0729. The first-order valence-electron chi connectivity index (χ1n) is 4.51. The summed E-state index contributed by atoms with van der Waals surface area (Å²) in [5.74, 6) is 0.521. The average molecular weight is 198 g/mol. The molecular weight excluding hydrogens is 182 g/mol. The summed E-state index contributed by atoms with van der Waals surface area (Å²) in [6.07, 6.45) is 0.866. The van der Waals surface area contributed by atoms with Crippen molar-refractivity contribution in [2.45, 2.75) is 26.3 Å². The van der Waals surface area contributed by atoms with Crippen LogP contribution < -0.4 is 5.73 Å². The van der Waals surface area contributed by atoms with Crippen molar-refractivity contribution in [3.63, 3.8) is 0 Å². The highest BCUT2D eigenvalue weighted by molar-refractivity contribution is 6.18. The molecular formula is C11H16ClN. The van der Waals surface area contributed by atoms with E-state index in [0.29, 0.717) is 5.88 Å². The molecule has 2 heteroatoms. The molecule has 2 N–H and O–H groups in total. The predicted molar refractivity (Wildman–Crippen MR) is 58.3 cm³/mol. The maximum absolute atomic E-state index is 5.76. The van der Waals surface area contributed by atoms with Crippen molar-refractivity contribution >= 4 is 11.6 Å². The average Bonchev–Trinajstić information content (AvgIpc) is 2.11. The molecule has 0 radical (unpaired) electrons. The molecule has 0 aromatic heterocycles. The van der Waals surface area contributed by atoms with Crippen molar-refractivity contribution in [1.29, 1.82) is 0 Å². The van der Waals surface area contributed by atoms with Gasteiger partial charge in [0, 0.05) is 11.9 Å². The highest BCUT2D eigenvalue weighted by Gasteiger charge is 2.02. The van der Waals surface area contributed by atoms with Crippen molar-refractivity contribution in [2.75, 3.05) is 5.88 Å². The molecule has 1 atom stereocenters. The minimum atomic E-state index is 0.0729. The third kappa shape index (κ3) is 3.02. The van der Waals surface area contributed by atoms with Crippen molar-refractivity contribution in [3.8, 4) is 0 Å². The lowest BCUT2D eigenvalue weighted by Gasteiger charge is -2.09. The van der Waals surface area contributed by atoms with Crippen molar-refractivity contribution in [3.05, 3.63) is 34.9 Å². The van der Waals surface area contributed by atoms with E-state index in [0.717, 1.165) is 6.42 Å². The number of aryl methyl sites for hydroxylation is 2. The van der Waals surface area contributed by atoms with Crippen LogP contribution in [-0.2, 0) is 6.42 Å². The molecule has 0 fully saturated rings. The molecule has 72 valence electrons. The Balaban J connectivity index is 2.73. The summed E-state index contributed by atoms with van der Waals surface area (Å²) < 4.78 is 0. The maximum atomic E-state index is 5.76. The van der Waals surface area contributed by atoms with Gasteiger partial charge in [-0.2, -0.15) is 0 Å². The normalized spacial score (nSPS) is 12.9. The second-order valence-corrected chi connectivity index (χ2v) is 3.85. The number of nitrogens with two attached hydrogens (primary N) is 1. The second-order valence-electron chi connectivity index (χ2n) is 3.54. The topological polar surface area (TPSA) is 26.0 Å². The van der Waals surface area contributed by atoms with Gasteiger partial charge in [0.25, 0.3) is 0 Å². The minimum Gasteiger partial charge on any atom is -0.326 e. The lowest BCUT2D eigenvalue weighted by atomic mass is 10.0. The second kappa shape index (κ2) is 4.64. The Morgan fingerprint density at radius 3 is 2.54 bits per heavy atom. The fourth-order valence-electron chi connectivity index (χ4n) is 1.29. The number of halogens is 1. The van der Waals surface area contributed by atoms with Gasteiger partial charge in [-0.25, -0.2) is 0 Å². The first kappa shape index (κ1) is 10.6. The Morgan fingerprint density at radius 1 is 1.31 bits per heavy atom.